The number of amides is 1. The predicted octanol–water partition coefficient (Wildman–Crippen LogP) is 2.17. The number of allylic oxidation sites excluding steroid dienone is 1. The number of carbonyl (C=O) groups excluding carboxylic acids is 1. The summed E-state index contributed by atoms with van der Waals surface area (Å²) in [6.07, 6.45) is 1.79. The molecule has 0 saturated carbocycles. The number of anilines is 1. The highest BCUT2D eigenvalue weighted by atomic mass is 32.2. The monoisotopic (exact) mass is 391 g/mol. The average molecular weight is 391 g/mol. The van der Waals surface area contributed by atoms with Crippen LogP contribution >= 0.6 is 11.8 Å². The van der Waals surface area contributed by atoms with Crippen molar-refractivity contribution in [3.63, 3.8) is 0 Å². The normalized spacial score (nSPS) is 14.9. The number of carbonyl (C=O) groups is 1. The third-order valence-corrected chi connectivity index (χ3v) is 5.00. The predicted molar refractivity (Wildman–Crippen MR) is 102 cm³/mol. The van der Waals surface area contributed by atoms with Gasteiger partial charge in [-0.05, 0) is 24.3 Å². The number of morpholine rings is 1. The fourth-order valence-electron chi connectivity index (χ4n) is 2.67. The van der Waals surface area contributed by atoms with Gasteiger partial charge in [0.2, 0.25) is 5.91 Å². The van der Waals surface area contributed by atoms with Gasteiger partial charge in [0.05, 0.1) is 25.5 Å². The van der Waals surface area contributed by atoms with E-state index in [1.54, 1.807) is 6.08 Å². The Morgan fingerprint density at radius 1 is 1.30 bits per heavy atom. The number of aromatic nitrogens is 3. The van der Waals surface area contributed by atoms with Crippen LogP contribution in [0.15, 0.2) is 42.1 Å². The lowest BCUT2D eigenvalue weighted by Crippen LogP contribution is -2.36. The zero-order valence-corrected chi connectivity index (χ0v) is 15.8. The Balaban J connectivity index is 1.59. The lowest BCUT2D eigenvalue weighted by Gasteiger charge is -2.26. The van der Waals surface area contributed by atoms with E-state index >= 15 is 0 Å². The van der Waals surface area contributed by atoms with Crippen LogP contribution in [-0.4, -0.2) is 57.6 Å². The SMILES string of the molecule is C=CCn1c(CN2CCOCC2)nnc1SCC(=O)Nc1ccc(F)cc1. The third kappa shape index (κ3) is 5.62. The zero-order valence-electron chi connectivity index (χ0n) is 14.9. The summed E-state index contributed by atoms with van der Waals surface area (Å²) in [5.74, 6) is 0.505. The number of hydrogen-bond donors (Lipinski definition) is 1. The van der Waals surface area contributed by atoms with E-state index < -0.39 is 0 Å². The van der Waals surface area contributed by atoms with Crippen molar-refractivity contribution < 1.29 is 13.9 Å². The number of halogens is 1. The molecule has 0 bridgehead atoms. The molecule has 1 amide bonds. The maximum Gasteiger partial charge on any atom is 0.234 e. The second kappa shape index (κ2) is 9.63. The molecular weight excluding hydrogens is 369 g/mol. The van der Waals surface area contributed by atoms with Crippen LogP contribution in [0, 0.1) is 5.82 Å². The van der Waals surface area contributed by atoms with Gasteiger partial charge in [-0.1, -0.05) is 17.8 Å². The molecule has 27 heavy (non-hydrogen) atoms. The Kier molecular flexibility index (Phi) is 6.97. The molecule has 1 aliphatic rings. The first-order valence-corrected chi connectivity index (χ1v) is 9.65. The van der Waals surface area contributed by atoms with Gasteiger partial charge < -0.3 is 14.6 Å². The molecule has 1 saturated heterocycles. The lowest BCUT2D eigenvalue weighted by molar-refractivity contribution is -0.113. The summed E-state index contributed by atoms with van der Waals surface area (Å²) in [4.78, 5) is 14.4. The number of nitrogens with zero attached hydrogens (tertiary/aromatic N) is 4. The van der Waals surface area contributed by atoms with Crippen LogP contribution in [0.25, 0.3) is 0 Å². The average Bonchev–Trinajstić information content (AvgIpc) is 3.05. The summed E-state index contributed by atoms with van der Waals surface area (Å²) < 4.78 is 20.3. The second-order valence-corrected chi connectivity index (χ2v) is 6.97. The minimum atomic E-state index is -0.340. The van der Waals surface area contributed by atoms with Gasteiger partial charge in [-0.25, -0.2) is 4.39 Å². The first kappa shape index (κ1) is 19.5. The number of nitrogens with one attached hydrogen (secondary N) is 1. The first-order valence-electron chi connectivity index (χ1n) is 8.67. The third-order valence-electron chi connectivity index (χ3n) is 4.03. The molecule has 0 atom stereocenters. The van der Waals surface area contributed by atoms with Crippen molar-refractivity contribution in [1.29, 1.82) is 0 Å². The van der Waals surface area contributed by atoms with Crippen molar-refractivity contribution in [1.82, 2.24) is 19.7 Å². The molecule has 0 aliphatic carbocycles. The van der Waals surface area contributed by atoms with Gasteiger partial charge in [0.15, 0.2) is 5.16 Å². The molecule has 3 rings (SSSR count). The molecule has 0 unspecified atom stereocenters. The number of rotatable bonds is 8. The van der Waals surface area contributed by atoms with Gasteiger partial charge in [0.1, 0.15) is 11.6 Å². The highest BCUT2D eigenvalue weighted by molar-refractivity contribution is 7.99. The van der Waals surface area contributed by atoms with Crippen LogP contribution in [0.4, 0.5) is 10.1 Å². The molecule has 0 spiro atoms. The van der Waals surface area contributed by atoms with Crippen molar-refractivity contribution >= 4 is 23.4 Å². The minimum Gasteiger partial charge on any atom is -0.379 e. The fourth-order valence-corrected chi connectivity index (χ4v) is 3.44. The molecule has 1 aliphatic heterocycles. The van der Waals surface area contributed by atoms with E-state index in [2.05, 4.69) is 27.0 Å². The lowest BCUT2D eigenvalue weighted by atomic mass is 10.3. The van der Waals surface area contributed by atoms with Crippen LogP contribution in [0.1, 0.15) is 5.82 Å². The number of thioether (sulfide) groups is 1. The smallest absolute Gasteiger partial charge is 0.234 e. The van der Waals surface area contributed by atoms with Gasteiger partial charge in [0, 0.05) is 25.3 Å². The highest BCUT2D eigenvalue weighted by Gasteiger charge is 2.18. The topological polar surface area (TPSA) is 72.3 Å². The van der Waals surface area contributed by atoms with Crippen molar-refractivity contribution in [2.45, 2.75) is 18.2 Å². The van der Waals surface area contributed by atoms with E-state index in [-0.39, 0.29) is 17.5 Å². The Bertz CT molecular complexity index is 775. The molecular formula is C18H22FN5O2S. The van der Waals surface area contributed by atoms with Crippen LogP contribution < -0.4 is 5.32 Å². The Labute approximate surface area is 161 Å². The molecule has 0 radical (unpaired) electrons. The fraction of sp³-hybridized carbons (Fsp3) is 0.389. The van der Waals surface area contributed by atoms with E-state index in [4.69, 9.17) is 4.74 Å². The largest absolute Gasteiger partial charge is 0.379 e. The summed E-state index contributed by atoms with van der Waals surface area (Å²) in [5, 5.41) is 11.9. The maximum absolute atomic E-state index is 12.9. The molecule has 2 aromatic rings. The maximum atomic E-state index is 12.9. The van der Waals surface area contributed by atoms with Gasteiger partial charge in [-0.2, -0.15) is 0 Å². The Morgan fingerprint density at radius 3 is 2.74 bits per heavy atom. The van der Waals surface area contributed by atoms with Crippen molar-refractivity contribution in [3.8, 4) is 0 Å². The first-order chi connectivity index (χ1) is 13.2. The number of hydrogen-bond acceptors (Lipinski definition) is 6. The van der Waals surface area contributed by atoms with Gasteiger partial charge in [-0.15, -0.1) is 16.8 Å². The molecule has 1 aromatic heterocycles. The van der Waals surface area contributed by atoms with Crippen molar-refractivity contribution in [3.05, 3.63) is 48.6 Å². The quantitative estimate of drug-likeness (QED) is 0.549. The van der Waals surface area contributed by atoms with Crippen LogP contribution in [0.3, 0.4) is 0 Å². The molecule has 7 nitrogen and oxygen atoms in total. The summed E-state index contributed by atoms with van der Waals surface area (Å²) in [6, 6.07) is 5.67. The van der Waals surface area contributed by atoms with Crippen LogP contribution in [-0.2, 0) is 22.6 Å². The standard InChI is InChI=1S/C18H22FN5O2S/c1-2-7-24-16(12-23-8-10-26-11-9-23)21-22-18(24)27-13-17(25)20-15-5-3-14(19)4-6-15/h2-6H,1,7-13H2,(H,20,25). The van der Waals surface area contributed by atoms with Crippen molar-refractivity contribution in [2.75, 3.05) is 37.4 Å². The Hall–Kier alpha value is -2.23. The van der Waals surface area contributed by atoms with E-state index in [1.807, 2.05) is 4.57 Å². The summed E-state index contributed by atoms with van der Waals surface area (Å²) in [6.45, 7) is 8.23. The summed E-state index contributed by atoms with van der Waals surface area (Å²) >= 11 is 1.31. The summed E-state index contributed by atoms with van der Waals surface area (Å²) in [7, 11) is 0. The molecule has 9 heteroatoms. The van der Waals surface area contributed by atoms with Crippen LogP contribution in [0.2, 0.25) is 0 Å². The number of ether oxygens (including phenoxy) is 1. The van der Waals surface area contributed by atoms with Crippen molar-refractivity contribution in [2.24, 2.45) is 0 Å². The molecule has 1 aromatic carbocycles. The van der Waals surface area contributed by atoms with E-state index in [0.717, 1.165) is 32.1 Å². The van der Waals surface area contributed by atoms with E-state index in [1.165, 1.54) is 36.0 Å². The Morgan fingerprint density at radius 2 is 2.04 bits per heavy atom. The zero-order chi connectivity index (χ0) is 19.1. The van der Waals surface area contributed by atoms with E-state index in [9.17, 15) is 9.18 Å². The highest BCUT2D eigenvalue weighted by Crippen LogP contribution is 2.19. The van der Waals surface area contributed by atoms with E-state index in [0.29, 0.717) is 23.9 Å². The molecule has 1 N–H and O–H groups in total. The minimum absolute atomic E-state index is 0.185. The molecule has 144 valence electrons. The van der Waals surface area contributed by atoms with Gasteiger partial charge >= 0.3 is 0 Å². The second-order valence-electron chi connectivity index (χ2n) is 6.03. The van der Waals surface area contributed by atoms with Crippen LogP contribution in [0.5, 0.6) is 0 Å². The number of benzene rings is 1. The summed E-state index contributed by atoms with van der Waals surface area (Å²) in [5.41, 5.74) is 0.558. The molecule has 2 heterocycles. The van der Waals surface area contributed by atoms with Gasteiger partial charge in [-0.3, -0.25) is 9.69 Å². The molecule has 1 fully saturated rings. The van der Waals surface area contributed by atoms with Gasteiger partial charge in [0.25, 0.3) is 0 Å².